The van der Waals surface area contributed by atoms with Crippen molar-refractivity contribution in [3.8, 4) is 0 Å². The largest absolute Gasteiger partial charge is 0.513 e. The van der Waals surface area contributed by atoms with Crippen LogP contribution in [0.4, 0.5) is 4.79 Å². The predicted molar refractivity (Wildman–Crippen MR) is 95.4 cm³/mol. The lowest BCUT2D eigenvalue weighted by atomic mass is 9.85. The number of nitrogens with one attached hydrogen (secondary N) is 1. The van der Waals surface area contributed by atoms with Gasteiger partial charge in [-0.1, -0.05) is 37.1 Å². The van der Waals surface area contributed by atoms with E-state index < -0.39 is 18.0 Å². The molecule has 0 aliphatic carbocycles. The minimum Gasteiger partial charge on any atom is -0.456 e. The molecule has 2 heterocycles. The number of dihydropyridines is 1. The number of esters is 1. The lowest BCUT2D eigenvalue weighted by molar-refractivity contribution is -0.136. The summed E-state index contributed by atoms with van der Waals surface area (Å²) in [5.74, 6) is -0.713. The van der Waals surface area contributed by atoms with Crippen molar-refractivity contribution in [1.29, 1.82) is 0 Å². The second kappa shape index (κ2) is 7.83. The summed E-state index contributed by atoms with van der Waals surface area (Å²) in [5.41, 5.74) is 2.46. The molecule has 0 amide bonds. The molecule has 0 saturated heterocycles. The van der Waals surface area contributed by atoms with Gasteiger partial charge in [-0.15, -0.1) is 0 Å². The van der Waals surface area contributed by atoms with E-state index >= 15 is 0 Å². The summed E-state index contributed by atoms with van der Waals surface area (Å²) in [5, 5.41) is 3.62. The topological polar surface area (TPSA) is 73.9 Å². The Labute approximate surface area is 156 Å². The molecule has 26 heavy (non-hydrogen) atoms. The molecule has 0 spiro atoms. The summed E-state index contributed by atoms with van der Waals surface area (Å²) >= 11 is 6.12. The fourth-order valence-corrected chi connectivity index (χ4v) is 3.20. The summed E-state index contributed by atoms with van der Waals surface area (Å²) in [6, 6.07) is 7.10. The SMILES string of the molecule is CCCCOC(=O)OC1=C(C)NC2=C(C(=O)OC2)C1c1cccc(Cl)c1. The van der Waals surface area contributed by atoms with Gasteiger partial charge < -0.3 is 19.5 Å². The summed E-state index contributed by atoms with van der Waals surface area (Å²) in [6.45, 7) is 4.23. The number of carbonyl (C=O) groups is 2. The van der Waals surface area contributed by atoms with Crippen molar-refractivity contribution in [2.45, 2.75) is 32.6 Å². The second-order valence-corrected chi connectivity index (χ2v) is 6.56. The van der Waals surface area contributed by atoms with Gasteiger partial charge in [-0.25, -0.2) is 9.59 Å². The molecule has 0 radical (unpaired) electrons. The fraction of sp³-hybridized carbons (Fsp3) is 0.368. The maximum absolute atomic E-state index is 12.3. The quantitative estimate of drug-likeness (QED) is 0.617. The van der Waals surface area contributed by atoms with E-state index in [-0.39, 0.29) is 13.2 Å². The Hall–Kier alpha value is -2.47. The van der Waals surface area contributed by atoms with Gasteiger partial charge in [0.15, 0.2) is 0 Å². The highest BCUT2D eigenvalue weighted by Gasteiger charge is 2.41. The number of allylic oxidation sites excluding steroid dienone is 2. The van der Waals surface area contributed by atoms with Crippen molar-refractivity contribution in [2.75, 3.05) is 13.2 Å². The van der Waals surface area contributed by atoms with E-state index in [1.165, 1.54) is 0 Å². The molecule has 0 bridgehead atoms. The average Bonchev–Trinajstić information content (AvgIpc) is 2.96. The van der Waals surface area contributed by atoms with E-state index in [1.54, 1.807) is 25.1 Å². The van der Waals surface area contributed by atoms with E-state index in [2.05, 4.69) is 5.32 Å². The van der Waals surface area contributed by atoms with Crippen molar-refractivity contribution in [3.05, 3.63) is 57.6 Å². The van der Waals surface area contributed by atoms with Crippen LogP contribution in [0.2, 0.25) is 5.02 Å². The zero-order valence-electron chi connectivity index (χ0n) is 14.6. The molecular weight excluding hydrogens is 358 g/mol. The molecule has 0 aromatic heterocycles. The molecule has 1 atom stereocenters. The fourth-order valence-electron chi connectivity index (χ4n) is 3.01. The van der Waals surface area contributed by atoms with Gasteiger partial charge in [0.1, 0.15) is 12.4 Å². The first kappa shape index (κ1) is 18.3. The molecule has 1 aromatic carbocycles. The smallest absolute Gasteiger partial charge is 0.456 e. The van der Waals surface area contributed by atoms with Gasteiger partial charge in [-0.05, 0) is 31.0 Å². The molecule has 6 nitrogen and oxygen atoms in total. The van der Waals surface area contributed by atoms with Crippen LogP contribution in [-0.4, -0.2) is 25.3 Å². The first-order valence-corrected chi connectivity index (χ1v) is 8.87. The number of hydrogen-bond donors (Lipinski definition) is 1. The Bertz CT molecular complexity index is 799. The first-order chi connectivity index (χ1) is 12.5. The average molecular weight is 378 g/mol. The number of rotatable bonds is 5. The van der Waals surface area contributed by atoms with Crippen LogP contribution in [0.3, 0.4) is 0 Å². The van der Waals surface area contributed by atoms with Crippen LogP contribution in [0.1, 0.15) is 38.2 Å². The van der Waals surface area contributed by atoms with E-state index in [0.29, 0.717) is 27.7 Å². The summed E-state index contributed by atoms with van der Waals surface area (Å²) in [4.78, 5) is 24.4. The maximum Gasteiger partial charge on any atom is 0.513 e. The van der Waals surface area contributed by atoms with Gasteiger partial charge in [0.2, 0.25) is 0 Å². The monoisotopic (exact) mass is 377 g/mol. The van der Waals surface area contributed by atoms with Gasteiger partial charge in [0, 0.05) is 5.02 Å². The van der Waals surface area contributed by atoms with Crippen LogP contribution in [0.25, 0.3) is 0 Å². The van der Waals surface area contributed by atoms with E-state index in [0.717, 1.165) is 18.4 Å². The van der Waals surface area contributed by atoms with Crippen molar-refractivity contribution >= 4 is 23.7 Å². The third kappa shape index (κ3) is 3.70. The first-order valence-electron chi connectivity index (χ1n) is 8.49. The third-order valence-corrected chi connectivity index (χ3v) is 4.48. The Morgan fingerprint density at radius 3 is 2.96 bits per heavy atom. The predicted octanol–water partition coefficient (Wildman–Crippen LogP) is 4.02. The molecular formula is C19H20ClNO5. The van der Waals surface area contributed by atoms with Gasteiger partial charge in [-0.3, -0.25) is 0 Å². The number of cyclic esters (lactones) is 1. The molecule has 1 aromatic rings. The van der Waals surface area contributed by atoms with Crippen molar-refractivity contribution in [3.63, 3.8) is 0 Å². The van der Waals surface area contributed by atoms with E-state index in [9.17, 15) is 9.59 Å². The second-order valence-electron chi connectivity index (χ2n) is 6.12. The Kier molecular flexibility index (Phi) is 5.52. The van der Waals surface area contributed by atoms with E-state index in [4.69, 9.17) is 25.8 Å². The molecule has 7 heteroatoms. The van der Waals surface area contributed by atoms with Crippen LogP contribution in [0, 0.1) is 0 Å². The lowest BCUT2D eigenvalue weighted by Gasteiger charge is -2.27. The van der Waals surface area contributed by atoms with Crippen LogP contribution in [-0.2, 0) is 19.0 Å². The van der Waals surface area contributed by atoms with Crippen LogP contribution >= 0.6 is 11.6 Å². The van der Waals surface area contributed by atoms with Gasteiger partial charge in [0.25, 0.3) is 0 Å². The normalized spacial score (nSPS) is 19.0. The number of unbranched alkanes of at least 4 members (excludes halogenated alkanes) is 1. The Morgan fingerprint density at radius 1 is 1.42 bits per heavy atom. The zero-order valence-corrected chi connectivity index (χ0v) is 15.4. The molecule has 138 valence electrons. The zero-order chi connectivity index (χ0) is 18.7. The maximum atomic E-state index is 12.3. The number of hydrogen-bond acceptors (Lipinski definition) is 6. The molecule has 3 rings (SSSR count). The van der Waals surface area contributed by atoms with Gasteiger partial charge >= 0.3 is 12.1 Å². The van der Waals surface area contributed by atoms with Crippen LogP contribution < -0.4 is 5.32 Å². The highest BCUT2D eigenvalue weighted by Crippen LogP contribution is 2.41. The minimum absolute atomic E-state index is 0.163. The van der Waals surface area contributed by atoms with Crippen LogP contribution in [0.5, 0.6) is 0 Å². The number of halogens is 1. The number of benzene rings is 1. The highest BCUT2D eigenvalue weighted by atomic mass is 35.5. The Morgan fingerprint density at radius 2 is 2.23 bits per heavy atom. The molecule has 1 unspecified atom stereocenters. The number of ether oxygens (including phenoxy) is 3. The minimum atomic E-state index is -0.794. The summed E-state index contributed by atoms with van der Waals surface area (Å²) < 4.78 is 15.7. The Balaban J connectivity index is 1.93. The molecule has 2 aliphatic heterocycles. The van der Waals surface area contributed by atoms with Crippen molar-refractivity contribution < 1.29 is 23.8 Å². The van der Waals surface area contributed by atoms with E-state index in [1.807, 2.05) is 13.0 Å². The lowest BCUT2D eigenvalue weighted by Crippen LogP contribution is -2.28. The highest BCUT2D eigenvalue weighted by molar-refractivity contribution is 6.30. The molecule has 1 N–H and O–H groups in total. The van der Waals surface area contributed by atoms with Gasteiger partial charge in [-0.2, -0.15) is 0 Å². The summed E-state index contributed by atoms with van der Waals surface area (Å²) in [6.07, 6.45) is 0.867. The number of carbonyl (C=O) groups excluding carboxylic acids is 2. The molecule has 0 saturated carbocycles. The van der Waals surface area contributed by atoms with Crippen molar-refractivity contribution in [2.24, 2.45) is 0 Å². The third-order valence-electron chi connectivity index (χ3n) is 4.24. The van der Waals surface area contributed by atoms with Crippen LogP contribution in [0.15, 0.2) is 47.0 Å². The standard InChI is InChI=1S/C19H20ClNO5/c1-3-4-8-24-19(23)26-17-11(2)21-14-10-25-18(22)16(14)15(17)12-6-5-7-13(20)9-12/h5-7,9,15,21H,3-4,8,10H2,1-2H3. The summed E-state index contributed by atoms with van der Waals surface area (Å²) in [7, 11) is 0. The van der Waals surface area contributed by atoms with Gasteiger partial charge in [0.05, 0.1) is 29.5 Å². The molecule has 0 fully saturated rings. The van der Waals surface area contributed by atoms with Crippen molar-refractivity contribution in [1.82, 2.24) is 5.32 Å². The molecule has 2 aliphatic rings.